The van der Waals surface area contributed by atoms with E-state index in [4.69, 9.17) is 20.4 Å². The quantitative estimate of drug-likeness (QED) is 0.254. The number of carbonyl (C=O) groups is 2. The first-order valence-electron chi connectivity index (χ1n) is 13.3. The minimum atomic E-state index is -0.412. The minimum absolute atomic E-state index is 0.262. The summed E-state index contributed by atoms with van der Waals surface area (Å²) < 4.78 is 7.23. The predicted molar refractivity (Wildman–Crippen MR) is 154 cm³/mol. The van der Waals surface area contributed by atoms with Gasteiger partial charge in [-0.15, -0.1) is 11.3 Å². The van der Waals surface area contributed by atoms with Crippen LogP contribution in [-0.4, -0.2) is 33.0 Å². The molecular formula is C30H29N5O3S. The number of nitrogens with one attached hydrogen (secondary N) is 1. The Morgan fingerprint density at radius 1 is 1.00 bits per heavy atom. The van der Waals surface area contributed by atoms with Crippen molar-refractivity contribution in [3.05, 3.63) is 81.7 Å². The maximum absolute atomic E-state index is 13.9. The second-order valence-electron chi connectivity index (χ2n) is 9.62. The molecule has 1 aliphatic carbocycles. The summed E-state index contributed by atoms with van der Waals surface area (Å²) in [6.45, 7) is 2.58. The highest BCUT2D eigenvalue weighted by Gasteiger charge is 2.30. The number of aryl methyl sites for hydroxylation is 3. The average Bonchev–Trinajstić information content (AvgIpc) is 3.44. The highest BCUT2D eigenvalue weighted by atomic mass is 32.1. The van der Waals surface area contributed by atoms with Crippen molar-refractivity contribution in [2.45, 2.75) is 45.6 Å². The highest BCUT2D eigenvalue weighted by Crippen LogP contribution is 2.39. The molecule has 39 heavy (non-hydrogen) atoms. The van der Waals surface area contributed by atoms with Gasteiger partial charge in [-0.3, -0.25) is 4.79 Å². The summed E-state index contributed by atoms with van der Waals surface area (Å²) in [5.74, 6) is -0.520. The molecule has 9 heteroatoms. The van der Waals surface area contributed by atoms with E-state index in [1.165, 1.54) is 11.3 Å². The summed E-state index contributed by atoms with van der Waals surface area (Å²) in [6, 6.07) is 17.7. The summed E-state index contributed by atoms with van der Waals surface area (Å²) >= 11 is 1.45. The summed E-state index contributed by atoms with van der Waals surface area (Å²) in [5.41, 5.74) is 12.0. The Kier molecular flexibility index (Phi) is 6.74. The third-order valence-electron chi connectivity index (χ3n) is 7.16. The molecule has 6 rings (SSSR count). The number of carbonyl (C=O) groups excluding carboxylic acids is 2. The van der Waals surface area contributed by atoms with Crippen LogP contribution < -0.4 is 11.1 Å². The van der Waals surface area contributed by atoms with Gasteiger partial charge in [0.15, 0.2) is 5.65 Å². The first-order valence-corrected chi connectivity index (χ1v) is 14.1. The lowest BCUT2D eigenvalue weighted by Crippen LogP contribution is -2.17. The molecule has 1 aliphatic rings. The fourth-order valence-corrected chi connectivity index (χ4v) is 6.56. The summed E-state index contributed by atoms with van der Waals surface area (Å²) in [5, 5.41) is 3.51. The van der Waals surface area contributed by atoms with Gasteiger partial charge in [-0.2, -0.15) is 0 Å². The molecule has 0 unspecified atom stereocenters. The Morgan fingerprint density at radius 3 is 2.49 bits per heavy atom. The van der Waals surface area contributed by atoms with E-state index in [1.807, 2.05) is 47.0 Å². The van der Waals surface area contributed by atoms with Crippen LogP contribution in [0.3, 0.4) is 0 Å². The number of anilines is 2. The maximum atomic E-state index is 13.9. The average molecular weight is 540 g/mol. The molecule has 3 N–H and O–H groups in total. The molecule has 0 spiro atoms. The van der Waals surface area contributed by atoms with Gasteiger partial charge in [0.05, 0.1) is 23.2 Å². The Balaban J connectivity index is 1.43. The Bertz CT molecular complexity index is 1710. The van der Waals surface area contributed by atoms with Crippen LogP contribution in [0.15, 0.2) is 54.6 Å². The zero-order valence-corrected chi connectivity index (χ0v) is 22.5. The molecule has 0 saturated carbocycles. The number of thiophene rings is 1. The van der Waals surface area contributed by atoms with Crippen LogP contribution in [0, 0.1) is 0 Å². The third-order valence-corrected chi connectivity index (χ3v) is 8.37. The Morgan fingerprint density at radius 2 is 1.72 bits per heavy atom. The first-order chi connectivity index (χ1) is 19.0. The topological polar surface area (TPSA) is 112 Å². The van der Waals surface area contributed by atoms with Gasteiger partial charge in [-0.05, 0) is 62.3 Å². The third kappa shape index (κ3) is 4.63. The van der Waals surface area contributed by atoms with Gasteiger partial charge in [0.25, 0.3) is 5.91 Å². The number of rotatable bonds is 7. The fourth-order valence-electron chi connectivity index (χ4n) is 5.29. The molecule has 1 amide bonds. The molecule has 0 radical (unpaired) electrons. The fraction of sp³-hybridized carbons (Fsp3) is 0.267. The number of ether oxygens (including phenoxy) is 1. The van der Waals surface area contributed by atoms with Gasteiger partial charge >= 0.3 is 5.97 Å². The smallest absolute Gasteiger partial charge is 0.341 e. The number of para-hydroxylation sites is 2. The van der Waals surface area contributed by atoms with Gasteiger partial charge < -0.3 is 20.4 Å². The monoisotopic (exact) mass is 539 g/mol. The van der Waals surface area contributed by atoms with E-state index in [0.29, 0.717) is 39.6 Å². The number of nitrogen functional groups attached to an aromatic ring is 1. The van der Waals surface area contributed by atoms with Gasteiger partial charge in [0.1, 0.15) is 21.9 Å². The standard InChI is InChI=1S/C30H29N5O3S/c1-2-38-30(37)23-19-12-6-9-15-22(19)39-29(23)34-28(36)24-25-27(33-21-14-8-7-13-20(21)32-25)35(26(24)31)17-16-18-10-4-3-5-11-18/h3-5,7-8,10-11,13-14H,2,6,9,12,15-17,31H2,1H3,(H,34,36). The lowest BCUT2D eigenvalue weighted by molar-refractivity contribution is 0.0526. The zero-order chi connectivity index (χ0) is 26.9. The van der Waals surface area contributed by atoms with Crippen molar-refractivity contribution in [1.29, 1.82) is 0 Å². The number of hydrogen-bond acceptors (Lipinski definition) is 7. The molecule has 0 bridgehead atoms. The molecule has 0 atom stereocenters. The minimum Gasteiger partial charge on any atom is -0.462 e. The maximum Gasteiger partial charge on any atom is 0.341 e. The van der Waals surface area contributed by atoms with Crippen LogP contribution >= 0.6 is 11.3 Å². The van der Waals surface area contributed by atoms with E-state index in [9.17, 15) is 9.59 Å². The van der Waals surface area contributed by atoms with Crippen molar-refractivity contribution in [3.63, 3.8) is 0 Å². The molecule has 3 heterocycles. The van der Waals surface area contributed by atoms with Gasteiger partial charge in [0.2, 0.25) is 0 Å². The number of amides is 1. The van der Waals surface area contributed by atoms with Crippen LogP contribution in [0.2, 0.25) is 0 Å². The predicted octanol–water partition coefficient (Wildman–Crippen LogP) is 5.78. The largest absolute Gasteiger partial charge is 0.462 e. The van der Waals surface area contributed by atoms with Gasteiger partial charge in [-0.25, -0.2) is 14.8 Å². The molecule has 2 aromatic carbocycles. The molecule has 5 aromatic rings. The van der Waals surface area contributed by atoms with Crippen LogP contribution in [0.5, 0.6) is 0 Å². The normalized spacial score (nSPS) is 12.9. The summed E-state index contributed by atoms with van der Waals surface area (Å²) in [7, 11) is 0. The van der Waals surface area contributed by atoms with Crippen LogP contribution in [0.25, 0.3) is 22.2 Å². The number of benzene rings is 2. The van der Waals surface area contributed by atoms with Crippen LogP contribution in [0.1, 0.15) is 56.5 Å². The molecule has 198 valence electrons. The van der Waals surface area contributed by atoms with Gasteiger partial charge in [-0.1, -0.05) is 42.5 Å². The first kappa shape index (κ1) is 25.1. The number of nitrogens with two attached hydrogens (primary N) is 1. The molecule has 0 aliphatic heterocycles. The molecule has 0 fully saturated rings. The van der Waals surface area contributed by atoms with Crippen LogP contribution in [-0.2, 0) is 30.5 Å². The van der Waals surface area contributed by atoms with E-state index in [0.717, 1.165) is 53.6 Å². The van der Waals surface area contributed by atoms with Crippen molar-refractivity contribution < 1.29 is 14.3 Å². The van der Waals surface area contributed by atoms with E-state index in [-0.39, 0.29) is 12.2 Å². The number of aromatic nitrogens is 3. The van der Waals surface area contributed by atoms with Crippen molar-refractivity contribution in [2.24, 2.45) is 0 Å². The number of hydrogen-bond donors (Lipinski definition) is 2. The lowest BCUT2D eigenvalue weighted by Gasteiger charge is -2.12. The lowest BCUT2D eigenvalue weighted by atomic mass is 9.95. The molecule has 8 nitrogen and oxygen atoms in total. The Hall–Kier alpha value is -4.24. The number of esters is 1. The van der Waals surface area contributed by atoms with E-state index in [1.54, 1.807) is 6.92 Å². The molecular weight excluding hydrogens is 510 g/mol. The zero-order valence-electron chi connectivity index (χ0n) is 21.7. The summed E-state index contributed by atoms with van der Waals surface area (Å²) in [4.78, 5) is 37.6. The van der Waals surface area contributed by atoms with Crippen molar-refractivity contribution >= 4 is 56.2 Å². The second kappa shape index (κ2) is 10.5. The second-order valence-corrected chi connectivity index (χ2v) is 10.7. The molecule has 0 saturated heterocycles. The van der Waals surface area contributed by atoms with Gasteiger partial charge in [0, 0.05) is 11.4 Å². The number of fused-ring (bicyclic) bond motifs is 3. The van der Waals surface area contributed by atoms with Crippen molar-refractivity contribution in [3.8, 4) is 0 Å². The molecule has 3 aromatic heterocycles. The van der Waals surface area contributed by atoms with Crippen molar-refractivity contribution in [2.75, 3.05) is 17.7 Å². The SMILES string of the molecule is CCOC(=O)c1c(NC(=O)c2c(N)n(CCc3ccccc3)c3nc4ccccc4nc23)sc2c1CCCC2. The van der Waals surface area contributed by atoms with Crippen LogP contribution in [0.4, 0.5) is 10.8 Å². The van der Waals surface area contributed by atoms with E-state index < -0.39 is 11.9 Å². The van der Waals surface area contributed by atoms with E-state index >= 15 is 0 Å². The number of nitrogens with zero attached hydrogens (tertiary/aromatic N) is 3. The Labute approximate surface area is 229 Å². The van der Waals surface area contributed by atoms with Crippen molar-refractivity contribution in [1.82, 2.24) is 14.5 Å². The highest BCUT2D eigenvalue weighted by molar-refractivity contribution is 7.17. The summed E-state index contributed by atoms with van der Waals surface area (Å²) in [6.07, 6.45) is 4.48. The van der Waals surface area contributed by atoms with E-state index in [2.05, 4.69) is 17.4 Å².